The van der Waals surface area contributed by atoms with Gasteiger partial charge in [0.05, 0.1) is 10.9 Å². The van der Waals surface area contributed by atoms with Crippen LogP contribution in [-0.2, 0) is 21.3 Å². The number of thiophene rings is 1. The molecular weight excluding hydrogens is 492 g/mol. The second-order valence-corrected chi connectivity index (χ2v) is 10.7. The predicted molar refractivity (Wildman–Crippen MR) is 130 cm³/mol. The molecule has 0 fully saturated rings. The summed E-state index contributed by atoms with van der Waals surface area (Å²) in [5.41, 5.74) is 1.51. The van der Waals surface area contributed by atoms with Crippen LogP contribution in [0, 0.1) is 24.2 Å². The van der Waals surface area contributed by atoms with Crippen molar-refractivity contribution in [3.8, 4) is 21.7 Å². The monoisotopic (exact) mass is 510 g/mol. The number of carbonyl (C=O) groups is 1. The van der Waals surface area contributed by atoms with Crippen LogP contribution >= 0.6 is 22.7 Å². The first-order valence-corrected chi connectivity index (χ1v) is 13.1. The van der Waals surface area contributed by atoms with Gasteiger partial charge in [-0.1, -0.05) is 47.2 Å². The van der Waals surface area contributed by atoms with Crippen molar-refractivity contribution in [3.05, 3.63) is 77.2 Å². The van der Waals surface area contributed by atoms with Gasteiger partial charge < -0.3 is 4.18 Å². The Kier molecular flexibility index (Phi) is 7.02. The van der Waals surface area contributed by atoms with Gasteiger partial charge in [-0.15, -0.1) is 21.5 Å². The fourth-order valence-electron chi connectivity index (χ4n) is 3.00. The van der Waals surface area contributed by atoms with Gasteiger partial charge in [-0.2, -0.15) is 13.7 Å². The number of carbonyl (C=O) groups excluding carboxylic acids is 1. The molecule has 2 aromatic heterocycles. The van der Waals surface area contributed by atoms with Gasteiger partial charge in [0.2, 0.25) is 11.0 Å². The van der Waals surface area contributed by atoms with E-state index in [9.17, 15) is 18.5 Å². The van der Waals surface area contributed by atoms with Gasteiger partial charge in [-0.25, -0.2) is 0 Å². The molecule has 0 aliphatic heterocycles. The molecule has 0 saturated carbocycles. The van der Waals surface area contributed by atoms with E-state index in [2.05, 4.69) is 15.5 Å². The number of anilines is 1. The van der Waals surface area contributed by atoms with E-state index < -0.39 is 21.9 Å². The minimum Gasteiger partial charge on any atom is -0.379 e. The first-order valence-electron chi connectivity index (χ1n) is 10.0. The molecule has 4 rings (SSSR count). The zero-order chi connectivity index (χ0) is 24.1. The Balaban J connectivity index is 1.43. The van der Waals surface area contributed by atoms with Gasteiger partial charge in [0.15, 0.2) is 5.01 Å². The number of nitrogens with one attached hydrogen (secondary N) is 1. The summed E-state index contributed by atoms with van der Waals surface area (Å²) in [4.78, 5) is 13.6. The summed E-state index contributed by atoms with van der Waals surface area (Å²) in [7, 11) is -4.01. The van der Waals surface area contributed by atoms with Crippen molar-refractivity contribution < 1.29 is 17.4 Å². The Morgan fingerprint density at radius 2 is 1.94 bits per heavy atom. The molecule has 11 heteroatoms. The summed E-state index contributed by atoms with van der Waals surface area (Å²) in [6, 6.07) is 18.4. The Labute approximate surface area is 204 Å². The van der Waals surface area contributed by atoms with Gasteiger partial charge in [0, 0.05) is 0 Å². The lowest BCUT2D eigenvalue weighted by Crippen LogP contribution is -2.23. The summed E-state index contributed by atoms with van der Waals surface area (Å²) in [6.45, 7) is 1.86. The number of aromatic nitrogens is 2. The minimum absolute atomic E-state index is 0.0387. The summed E-state index contributed by atoms with van der Waals surface area (Å²) in [5, 5.41) is 23.1. The van der Waals surface area contributed by atoms with Crippen LogP contribution < -0.4 is 9.50 Å². The van der Waals surface area contributed by atoms with Crippen LogP contribution in [0.2, 0.25) is 0 Å². The molecule has 1 atom stereocenters. The second kappa shape index (κ2) is 10.1. The molecule has 34 heavy (non-hydrogen) atoms. The molecule has 172 valence electrons. The molecule has 8 nitrogen and oxygen atoms in total. The highest BCUT2D eigenvalue weighted by Crippen LogP contribution is 2.30. The Bertz CT molecular complexity index is 1440. The van der Waals surface area contributed by atoms with Crippen molar-refractivity contribution in [2.24, 2.45) is 5.92 Å². The number of nitriles is 1. The number of hydrogen-bond acceptors (Lipinski definition) is 9. The fourth-order valence-corrected chi connectivity index (χ4v) is 5.46. The molecule has 1 amide bonds. The molecule has 0 saturated heterocycles. The van der Waals surface area contributed by atoms with Crippen molar-refractivity contribution >= 4 is 43.8 Å². The first-order chi connectivity index (χ1) is 16.3. The van der Waals surface area contributed by atoms with Crippen molar-refractivity contribution in [1.29, 1.82) is 5.26 Å². The van der Waals surface area contributed by atoms with E-state index in [1.807, 2.05) is 30.5 Å². The third-order valence-electron chi connectivity index (χ3n) is 4.71. The van der Waals surface area contributed by atoms with Crippen LogP contribution in [0.1, 0.15) is 11.1 Å². The summed E-state index contributed by atoms with van der Waals surface area (Å²) in [6.07, 6.45) is 0.0701. The van der Waals surface area contributed by atoms with Crippen LogP contribution in [0.5, 0.6) is 5.75 Å². The van der Waals surface area contributed by atoms with Crippen molar-refractivity contribution in [2.45, 2.75) is 18.2 Å². The van der Waals surface area contributed by atoms with Crippen LogP contribution in [0.25, 0.3) is 9.88 Å². The third kappa shape index (κ3) is 5.66. The molecule has 0 aliphatic rings. The van der Waals surface area contributed by atoms with Crippen molar-refractivity contribution in [1.82, 2.24) is 10.2 Å². The van der Waals surface area contributed by atoms with Crippen LogP contribution in [0.15, 0.2) is 70.9 Å². The first kappa shape index (κ1) is 23.6. The summed E-state index contributed by atoms with van der Waals surface area (Å²) >= 11 is 2.73. The van der Waals surface area contributed by atoms with Crippen molar-refractivity contribution in [3.63, 3.8) is 0 Å². The van der Waals surface area contributed by atoms with E-state index in [0.29, 0.717) is 15.7 Å². The zero-order valence-electron chi connectivity index (χ0n) is 17.8. The largest absolute Gasteiger partial charge is 0.379 e. The molecule has 0 spiro atoms. The maximum atomic E-state index is 12.7. The molecule has 0 bridgehead atoms. The summed E-state index contributed by atoms with van der Waals surface area (Å²) < 4.78 is 30.4. The van der Waals surface area contributed by atoms with Crippen LogP contribution in [0.4, 0.5) is 5.13 Å². The third-order valence-corrected chi connectivity index (χ3v) is 7.85. The van der Waals surface area contributed by atoms with Crippen LogP contribution in [-0.4, -0.2) is 24.5 Å². The van der Waals surface area contributed by atoms with Crippen molar-refractivity contribution in [2.75, 3.05) is 5.32 Å². The zero-order valence-corrected chi connectivity index (χ0v) is 20.3. The van der Waals surface area contributed by atoms with Crippen LogP contribution in [0.3, 0.4) is 0 Å². The fraction of sp³-hybridized carbons (Fsp3) is 0.130. The SMILES string of the molecule is Cc1ccc(S(=O)(=O)Oc2cccc(CC(C#N)C(=O)Nc3nnc(-c4cccs4)s3)c2)cc1. The highest BCUT2D eigenvalue weighted by Gasteiger charge is 2.22. The lowest BCUT2D eigenvalue weighted by molar-refractivity contribution is -0.118. The predicted octanol–water partition coefficient (Wildman–Crippen LogP) is 4.66. The highest BCUT2D eigenvalue weighted by atomic mass is 32.2. The molecule has 2 aromatic carbocycles. The molecule has 2 heterocycles. The average molecular weight is 511 g/mol. The quantitative estimate of drug-likeness (QED) is 0.342. The molecule has 1 unspecified atom stereocenters. The number of hydrogen-bond donors (Lipinski definition) is 1. The molecule has 4 aromatic rings. The molecule has 1 N–H and O–H groups in total. The maximum absolute atomic E-state index is 12.7. The lowest BCUT2D eigenvalue weighted by atomic mass is 10.00. The number of nitrogens with zero attached hydrogens (tertiary/aromatic N) is 3. The average Bonchev–Trinajstić information content (AvgIpc) is 3.50. The highest BCUT2D eigenvalue weighted by molar-refractivity contribution is 7.87. The van der Waals surface area contributed by atoms with E-state index in [1.165, 1.54) is 46.9 Å². The standard InChI is InChI=1S/C23H18N4O4S3/c1-15-7-9-19(10-8-15)34(29,30)31-18-5-2-4-16(13-18)12-17(14-24)21(28)25-23-27-26-22(33-23)20-6-3-11-32-20/h2-11,13,17H,12H2,1H3,(H,25,27,28). The molecule has 0 radical (unpaired) electrons. The smallest absolute Gasteiger partial charge is 0.339 e. The normalized spacial score (nSPS) is 12.0. The second-order valence-electron chi connectivity index (χ2n) is 7.26. The molecule has 0 aliphatic carbocycles. The number of amides is 1. The van der Waals surface area contributed by atoms with Gasteiger partial charge in [-0.05, 0) is 54.6 Å². The topological polar surface area (TPSA) is 122 Å². The van der Waals surface area contributed by atoms with E-state index in [1.54, 1.807) is 24.3 Å². The number of rotatable bonds is 8. The minimum atomic E-state index is -4.01. The molecular formula is C23H18N4O4S3. The van der Waals surface area contributed by atoms with E-state index in [0.717, 1.165) is 10.4 Å². The van der Waals surface area contributed by atoms with Gasteiger partial charge in [0.1, 0.15) is 16.6 Å². The Hall–Kier alpha value is -3.59. The maximum Gasteiger partial charge on any atom is 0.339 e. The lowest BCUT2D eigenvalue weighted by Gasteiger charge is -2.11. The van der Waals surface area contributed by atoms with Gasteiger partial charge >= 0.3 is 10.1 Å². The van der Waals surface area contributed by atoms with Gasteiger partial charge in [-0.3, -0.25) is 10.1 Å². The van der Waals surface area contributed by atoms with E-state index in [-0.39, 0.29) is 17.1 Å². The van der Waals surface area contributed by atoms with E-state index >= 15 is 0 Å². The van der Waals surface area contributed by atoms with E-state index in [4.69, 9.17) is 4.18 Å². The summed E-state index contributed by atoms with van der Waals surface area (Å²) in [5.74, 6) is -1.44. The van der Waals surface area contributed by atoms with Gasteiger partial charge in [0.25, 0.3) is 0 Å². The Morgan fingerprint density at radius 3 is 2.65 bits per heavy atom. The Morgan fingerprint density at radius 1 is 1.15 bits per heavy atom. The number of aryl methyl sites for hydroxylation is 1. The number of benzene rings is 2.